The molecule has 0 amide bonds. The molecule has 1 N–H and O–H groups in total. The second kappa shape index (κ2) is 5.31. The highest BCUT2D eigenvalue weighted by Crippen LogP contribution is 2.30. The predicted molar refractivity (Wildman–Crippen MR) is 80.7 cm³/mol. The number of hydrogen-bond acceptors (Lipinski definition) is 4. The summed E-state index contributed by atoms with van der Waals surface area (Å²) in [5.74, 6) is 0. The maximum atomic E-state index is 11.9. The standard InChI is InChI=1S/C15H14N2O3S/c18-10-13-7-5-12(6-8-13)9-17-11-16-21(19,20)15-4-2-1-3-14(15)17/h1-8,11,18H,9-10H2. The molecule has 0 unspecified atom stereocenters. The Morgan fingerprint density at radius 2 is 1.67 bits per heavy atom. The van der Waals surface area contributed by atoms with E-state index >= 15 is 0 Å². The number of nitrogens with zero attached hydrogens (tertiary/aromatic N) is 2. The van der Waals surface area contributed by atoms with Gasteiger partial charge in [0.1, 0.15) is 11.2 Å². The summed E-state index contributed by atoms with van der Waals surface area (Å²) < 4.78 is 27.5. The Morgan fingerprint density at radius 1 is 1.00 bits per heavy atom. The van der Waals surface area contributed by atoms with Crippen LogP contribution in [0.4, 0.5) is 5.69 Å². The maximum absolute atomic E-state index is 11.9. The monoisotopic (exact) mass is 302 g/mol. The summed E-state index contributed by atoms with van der Waals surface area (Å²) >= 11 is 0. The smallest absolute Gasteiger partial charge is 0.285 e. The lowest BCUT2D eigenvalue weighted by atomic mass is 10.1. The first-order valence-electron chi connectivity index (χ1n) is 6.45. The Balaban J connectivity index is 1.93. The van der Waals surface area contributed by atoms with Crippen LogP contribution in [0.15, 0.2) is 57.8 Å². The van der Waals surface area contributed by atoms with Crippen LogP contribution in [0.25, 0.3) is 0 Å². The van der Waals surface area contributed by atoms with E-state index in [1.807, 2.05) is 24.3 Å². The van der Waals surface area contributed by atoms with Crippen LogP contribution in [0.1, 0.15) is 11.1 Å². The van der Waals surface area contributed by atoms with Crippen LogP contribution in [-0.4, -0.2) is 19.9 Å². The van der Waals surface area contributed by atoms with Gasteiger partial charge in [0.05, 0.1) is 12.3 Å². The number of rotatable bonds is 3. The van der Waals surface area contributed by atoms with Crippen LogP contribution >= 0.6 is 0 Å². The summed E-state index contributed by atoms with van der Waals surface area (Å²) in [4.78, 5) is 2.02. The number of sulfonamides is 1. The Kier molecular flexibility index (Phi) is 3.48. The van der Waals surface area contributed by atoms with Crippen molar-refractivity contribution in [3.63, 3.8) is 0 Å². The van der Waals surface area contributed by atoms with Gasteiger partial charge >= 0.3 is 0 Å². The molecule has 0 saturated carbocycles. The lowest BCUT2D eigenvalue weighted by molar-refractivity contribution is 0.282. The number of benzene rings is 2. The number of aliphatic hydroxyl groups is 1. The molecule has 0 spiro atoms. The molecular formula is C15H14N2O3S. The van der Waals surface area contributed by atoms with Gasteiger partial charge in [0.2, 0.25) is 0 Å². The van der Waals surface area contributed by atoms with Gasteiger partial charge in [-0.05, 0) is 23.3 Å². The van der Waals surface area contributed by atoms with Gasteiger partial charge < -0.3 is 10.0 Å². The minimum atomic E-state index is -3.58. The van der Waals surface area contributed by atoms with E-state index in [0.717, 1.165) is 11.1 Å². The molecule has 0 aliphatic carbocycles. The maximum Gasteiger partial charge on any atom is 0.285 e. The van der Waals surface area contributed by atoms with Gasteiger partial charge in [0.25, 0.3) is 10.0 Å². The van der Waals surface area contributed by atoms with Gasteiger partial charge in [0.15, 0.2) is 0 Å². The summed E-state index contributed by atoms with van der Waals surface area (Å²) in [5, 5.41) is 9.04. The molecule has 1 aliphatic rings. The fraction of sp³-hybridized carbons (Fsp3) is 0.133. The zero-order chi connectivity index (χ0) is 14.9. The van der Waals surface area contributed by atoms with Crippen molar-refractivity contribution in [1.29, 1.82) is 0 Å². The van der Waals surface area contributed by atoms with Crippen molar-refractivity contribution >= 4 is 22.0 Å². The molecule has 0 fully saturated rings. The molecule has 2 aromatic rings. The second-order valence-corrected chi connectivity index (χ2v) is 6.37. The first-order valence-corrected chi connectivity index (χ1v) is 7.89. The highest BCUT2D eigenvalue weighted by molar-refractivity contribution is 7.90. The van der Waals surface area contributed by atoms with Gasteiger partial charge in [-0.3, -0.25) is 0 Å². The average molecular weight is 302 g/mol. The number of para-hydroxylation sites is 1. The van der Waals surface area contributed by atoms with Crippen LogP contribution < -0.4 is 4.90 Å². The highest BCUT2D eigenvalue weighted by atomic mass is 32.2. The molecule has 21 heavy (non-hydrogen) atoms. The summed E-state index contributed by atoms with van der Waals surface area (Å²) in [5.41, 5.74) is 2.47. The molecule has 1 heterocycles. The normalized spacial score (nSPS) is 15.8. The van der Waals surface area contributed by atoms with Crippen LogP contribution in [0, 0.1) is 0 Å². The fourth-order valence-electron chi connectivity index (χ4n) is 2.22. The fourth-order valence-corrected chi connectivity index (χ4v) is 3.27. The Labute approximate surface area is 123 Å². The van der Waals surface area contributed by atoms with Crippen molar-refractivity contribution in [1.82, 2.24) is 0 Å². The van der Waals surface area contributed by atoms with Gasteiger partial charge in [0, 0.05) is 6.54 Å². The average Bonchev–Trinajstić information content (AvgIpc) is 2.51. The first kappa shape index (κ1) is 13.8. The Bertz CT molecular complexity index is 783. The molecule has 5 nitrogen and oxygen atoms in total. The topological polar surface area (TPSA) is 70.0 Å². The summed E-state index contributed by atoms with van der Waals surface area (Å²) in [6.45, 7) is 0.522. The van der Waals surface area contributed by atoms with Gasteiger partial charge in [-0.1, -0.05) is 36.4 Å². The molecule has 0 saturated heterocycles. The molecule has 0 aromatic heterocycles. The number of aliphatic hydroxyl groups excluding tert-OH is 1. The Morgan fingerprint density at radius 3 is 2.38 bits per heavy atom. The molecule has 3 rings (SSSR count). The molecule has 6 heteroatoms. The summed E-state index contributed by atoms with van der Waals surface area (Å²) in [7, 11) is -3.58. The molecule has 0 atom stereocenters. The van der Waals surface area contributed by atoms with E-state index in [9.17, 15) is 8.42 Å². The van der Waals surface area contributed by atoms with Crippen molar-refractivity contribution < 1.29 is 13.5 Å². The second-order valence-electron chi connectivity index (χ2n) is 4.77. The van der Waals surface area contributed by atoms with Crippen LogP contribution in [0.3, 0.4) is 0 Å². The van der Waals surface area contributed by atoms with Crippen molar-refractivity contribution in [2.75, 3.05) is 4.90 Å². The Hall–Kier alpha value is -2.18. The molecular weight excluding hydrogens is 288 g/mol. The molecule has 2 aromatic carbocycles. The molecule has 0 bridgehead atoms. The van der Waals surface area contributed by atoms with E-state index in [1.165, 1.54) is 6.34 Å². The van der Waals surface area contributed by atoms with Gasteiger partial charge in [-0.25, -0.2) is 0 Å². The quantitative estimate of drug-likeness (QED) is 0.940. The predicted octanol–water partition coefficient (Wildman–Crippen LogP) is 1.92. The van der Waals surface area contributed by atoms with E-state index in [-0.39, 0.29) is 11.5 Å². The highest BCUT2D eigenvalue weighted by Gasteiger charge is 2.24. The van der Waals surface area contributed by atoms with Gasteiger partial charge in [-0.2, -0.15) is 8.42 Å². The number of anilines is 1. The number of fused-ring (bicyclic) bond motifs is 1. The largest absolute Gasteiger partial charge is 0.392 e. The third-order valence-corrected chi connectivity index (χ3v) is 4.61. The third-order valence-electron chi connectivity index (χ3n) is 3.34. The first-order chi connectivity index (χ1) is 10.1. The lowest BCUT2D eigenvalue weighted by Gasteiger charge is -2.25. The third kappa shape index (κ3) is 2.68. The SMILES string of the molecule is O=S1(=O)N=CN(Cc2ccc(CO)cc2)c2ccccc21. The molecule has 108 valence electrons. The van der Waals surface area contributed by atoms with Crippen molar-refractivity contribution in [2.24, 2.45) is 4.40 Å². The van der Waals surface area contributed by atoms with E-state index < -0.39 is 10.0 Å². The van der Waals surface area contributed by atoms with Crippen molar-refractivity contribution in [3.05, 3.63) is 59.7 Å². The van der Waals surface area contributed by atoms with Crippen molar-refractivity contribution in [3.8, 4) is 0 Å². The van der Waals surface area contributed by atoms with E-state index in [4.69, 9.17) is 5.11 Å². The van der Waals surface area contributed by atoms with Crippen LogP contribution in [0.2, 0.25) is 0 Å². The minimum absolute atomic E-state index is 0.00648. The van der Waals surface area contributed by atoms with Crippen molar-refractivity contribution in [2.45, 2.75) is 18.0 Å². The van der Waals surface area contributed by atoms with E-state index in [0.29, 0.717) is 12.2 Å². The molecule has 1 aliphatic heterocycles. The van der Waals surface area contributed by atoms with Crippen LogP contribution in [0.5, 0.6) is 0 Å². The van der Waals surface area contributed by atoms with Gasteiger partial charge in [-0.15, -0.1) is 4.40 Å². The summed E-state index contributed by atoms with van der Waals surface area (Å²) in [6.07, 6.45) is 1.34. The lowest BCUT2D eigenvalue weighted by Crippen LogP contribution is -2.26. The zero-order valence-electron chi connectivity index (χ0n) is 11.2. The number of hydrogen-bond donors (Lipinski definition) is 1. The van der Waals surface area contributed by atoms with E-state index in [1.54, 1.807) is 29.2 Å². The zero-order valence-corrected chi connectivity index (χ0v) is 12.0. The summed E-state index contributed by atoms with van der Waals surface area (Å²) in [6, 6.07) is 14.3. The van der Waals surface area contributed by atoms with Crippen LogP contribution in [-0.2, 0) is 23.2 Å². The molecule has 0 radical (unpaired) electrons. The van der Waals surface area contributed by atoms with E-state index in [2.05, 4.69) is 4.40 Å². The minimum Gasteiger partial charge on any atom is -0.392 e.